The molecule has 0 atom stereocenters. The zero-order chi connectivity index (χ0) is 23.3. The number of aromatic hydroxyl groups is 2. The van der Waals surface area contributed by atoms with Crippen LogP contribution < -0.4 is 9.47 Å². The summed E-state index contributed by atoms with van der Waals surface area (Å²) >= 11 is 0. The Morgan fingerprint density at radius 3 is 1.38 bits per heavy atom. The number of unbranched alkanes of at least 4 members (excludes halogenated alkanes) is 5. The maximum atomic E-state index is 12.0. The van der Waals surface area contributed by atoms with Gasteiger partial charge < -0.3 is 29.2 Å². The molecule has 0 saturated heterocycles. The van der Waals surface area contributed by atoms with Gasteiger partial charge in [0.1, 0.15) is 34.1 Å². The van der Waals surface area contributed by atoms with Gasteiger partial charge in [0.15, 0.2) is 0 Å². The number of rotatable bonds is 13. The molecule has 0 spiro atoms. The van der Waals surface area contributed by atoms with Gasteiger partial charge in [-0.1, -0.05) is 25.7 Å². The zero-order valence-electron chi connectivity index (χ0n) is 18.5. The topological polar surface area (TPSA) is 112 Å². The highest BCUT2D eigenvalue weighted by Gasteiger charge is 2.14. The number of methoxy groups -OCH3 is 2. The summed E-state index contributed by atoms with van der Waals surface area (Å²) in [6, 6.07) is 8.86. The summed E-state index contributed by atoms with van der Waals surface area (Å²) in [5.41, 5.74) is 0.228. The van der Waals surface area contributed by atoms with E-state index in [-0.39, 0.29) is 35.8 Å². The van der Waals surface area contributed by atoms with Gasteiger partial charge in [0, 0.05) is 12.1 Å². The van der Waals surface area contributed by atoms with Crippen molar-refractivity contribution in [2.45, 2.75) is 38.5 Å². The van der Waals surface area contributed by atoms with Gasteiger partial charge in [-0.2, -0.15) is 0 Å². The minimum absolute atomic E-state index is 0.114. The van der Waals surface area contributed by atoms with Gasteiger partial charge in [-0.05, 0) is 37.1 Å². The lowest BCUT2D eigenvalue weighted by molar-refractivity contribution is 0.0480. The first-order valence-electron chi connectivity index (χ1n) is 10.5. The molecular formula is C24H30O8. The Morgan fingerprint density at radius 2 is 1.03 bits per heavy atom. The average Bonchev–Trinajstić information content (AvgIpc) is 2.79. The molecule has 0 unspecified atom stereocenters. The van der Waals surface area contributed by atoms with E-state index in [0.29, 0.717) is 11.5 Å². The van der Waals surface area contributed by atoms with Crippen LogP contribution in [0.15, 0.2) is 36.4 Å². The molecule has 2 N–H and O–H groups in total. The number of carbonyl (C=O) groups excluding carboxylic acids is 2. The fourth-order valence-corrected chi connectivity index (χ4v) is 3.02. The maximum Gasteiger partial charge on any atom is 0.341 e. The number of hydrogen-bond acceptors (Lipinski definition) is 8. The molecule has 0 saturated carbocycles. The van der Waals surface area contributed by atoms with Gasteiger partial charge >= 0.3 is 11.9 Å². The van der Waals surface area contributed by atoms with Gasteiger partial charge in [0.05, 0.1) is 27.4 Å². The summed E-state index contributed by atoms with van der Waals surface area (Å²) in [5.74, 6) is -0.528. The molecule has 8 heteroatoms. The standard InChI is InChI=1S/C24H30O8/c1-29-17-9-11-19(21(25)15-17)23(27)31-13-7-5-3-4-6-8-14-32-24(28)20-12-10-18(30-2)16-22(20)26/h9-12,15-16,25-26H,3-8,13-14H2,1-2H3. The van der Waals surface area contributed by atoms with Crippen LogP contribution in [0.2, 0.25) is 0 Å². The van der Waals surface area contributed by atoms with E-state index in [4.69, 9.17) is 18.9 Å². The van der Waals surface area contributed by atoms with E-state index in [0.717, 1.165) is 38.5 Å². The Morgan fingerprint density at radius 1 is 0.656 bits per heavy atom. The van der Waals surface area contributed by atoms with Crippen LogP contribution in [0.4, 0.5) is 0 Å². The first-order valence-corrected chi connectivity index (χ1v) is 10.5. The molecule has 0 aromatic heterocycles. The molecule has 32 heavy (non-hydrogen) atoms. The number of hydrogen-bond donors (Lipinski definition) is 2. The van der Waals surface area contributed by atoms with Crippen LogP contribution in [-0.2, 0) is 9.47 Å². The summed E-state index contributed by atoms with van der Waals surface area (Å²) in [6.45, 7) is 0.570. The van der Waals surface area contributed by atoms with Crippen LogP contribution in [0.3, 0.4) is 0 Å². The zero-order valence-corrected chi connectivity index (χ0v) is 18.5. The molecular weight excluding hydrogens is 416 g/mol. The van der Waals surface area contributed by atoms with Gasteiger partial charge in [0.2, 0.25) is 0 Å². The molecule has 8 nitrogen and oxygen atoms in total. The van der Waals surface area contributed by atoms with E-state index >= 15 is 0 Å². The summed E-state index contributed by atoms with van der Waals surface area (Å²) in [5, 5.41) is 19.7. The summed E-state index contributed by atoms with van der Waals surface area (Å²) in [6.07, 6.45) is 5.21. The molecule has 2 aromatic rings. The molecule has 0 bridgehead atoms. The third-order valence-electron chi connectivity index (χ3n) is 4.85. The van der Waals surface area contributed by atoms with Crippen molar-refractivity contribution in [2.24, 2.45) is 0 Å². The lowest BCUT2D eigenvalue weighted by Gasteiger charge is -2.08. The van der Waals surface area contributed by atoms with Gasteiger partial charge in [-0.3, -0.25) is 0 Å². The highest BCUT2D eigenvalue weighted by molar-refractivity contribution is 5.93. The smallest absolute Gasteiger partial charge is 0.341 e. The second kappa shape index (κ2) is 13.1. The monoisotopic (exact) mass is 446 g/mol. The number of esters is 2. The predicted molar refractivity (Wildman–Crippen MR) is 118 cm³/mol. The SMILES string of the molecule is COc1ccc(C(=O)OCCCCCCCCOC(=O)c2ccc(OC)cc2O)c(O)c1. The quantitative estimate of drug-likeness (QED) is 0.342. The second-order valence-corrected chi connectivity index (χ2v) is 7.16. The van der Waals surface area contributed by atoms with Crippen LogP contribution in [0.25, 0.3) is 0 Å². The Labute approximate surface area is 187 Å². The van der Waals surface area contributed by atoms with Crippen molar-refractivity contribution in [2.75, 3.05) is 27.4 Å². The first-order chi connectivity index (χ1) is 15.5. The molecule has 0 aliphatic heterocycles. The minimum Gasteiger partial charge on any atom is -0.507 e. The van der Waals surface area contributed by atoms with E-state index in [1.807, 2.05) is 0 Å². The molecule has 0 radical (unpaired) electrons. The van der Waals surface area contributed by atoms with E-state index in [1.165, 1.54) is 38.5 Å². The van der Waals surface area contributed by atoms with Crippen molar-refractivity contribution in [3.8, 4) is 23.0 Å². The Hall–Kier alpha value is -3.42. The summed E-state index contributed by atoms with van der Waals surface area (Å²) in [7, 11) is 2.96. The van der Waals surface area contributed by atoms with E-state index < -0.39 is 11.9 Å². The number of benzene rings is 2. The third-order valence-corrected chi connectivity index (χ3v) is 4.85. The van der Waals surface area contributed by atoms with Gasteiger partial charge in [0.25, 0.3) is 0 Å². The Balaban J connectivity index is 1.52. The fraction of sp³-hybridized carbons (Fsp3) is 0.417. The average molecular weight is 446 g/mol. The lowest BCUT2D eigenvalue weighted by Crippen LogP contribution is -2.07. The van der Waals surface area contributed by atoms with Crippen molar-refractivity contribution in [3.05, 3.63) is 47.5 Å². The number of phenols is 2. The molecule has 2 rings (SSSR count). The van der Waals surface area contributed by atoms with Crippen LogP contribution >= 0.6 is 0 Å². The molecule has 0 aliphatic carbocycles. The largest absolute Gasteiger partial charge is 0.507 e. The third kappa shape index (κ3) is 7.68. The van der Waals surface area contributed by atoms with Crippen molar-refractivity contribution in [1.29, 1.82) is 0 Å². The second-order valence-electron chi connectivity index (χ2n) is 7.16. The summed E-state index contributed by atoms with van der Waals surface area (Å²) < 4.78 is 20.4. The molecule has 0 amide bonds. The first kappa shape index (κ1) is 24.8. The number of ether oxygens (including phenoxy) is 4. The molecule has 0 aliphatic rings. The molecule has 2 aromatic carbocycles. The number of carbonyl (C=O) groups is 2. The lowest BCUT2D eigenvalue weighted by atomic mass is 10.1. The molecule has 174 valence electrons. The Bertz CT molecular complexity index is 820. The van der Waals surface area contributed by atoms with Gasteiger partial charge in [-0.15, -0.1) is 0 Å². The van der Waals surface area contributed by atoms with Gasteiger partial charge in [-0.25, -0.2) is 9.59 Å². The number of phenolic OH excluding ortho intramolecular Hbond substituents is 2. The highest BCUT2D eigenvalue weighted by atomic mass is 16.5. The highest BCUT2D eigenvalue weighted by Crippen LogP contribution is 2.25. The Kier molecular flexibility index (Phi) is 10.2. The van der Waals surface area contributed by atoms with Crippen molar-refractivity contribution in [1.82, 2.24) is 0 Å². The predicted octanol–water partition coefficient (Wildman–Crippen LogP) is 4.47. The molecule has 0 heterocycles. The van der Waals surface area contributed by atoms with E-state index in [2.05, 4.69) is 0 Å². The van der Waals surface area contributed by atoms with Crippen LogP contribution in [-0.4, -0.2) is 49.6 Å². The minimum atomic E-state index is -0.560. The van der Waals surface area contributed by atoms with Crippen LogP contribution in [0.1, 0.15) is 59.2 Å². The van der Waals surface area contributed by atoms with E-state index in [9.17, 15) is 19.8 Å². The van der Waals surface area contributed by atoms with Crippen LogP contribution in [0, 0.1) is 0 Å². The maximum absolute atomic E-state index is 12.0. The summed E-state index contributed by atoms with van der Waals surface area (Å²) in [4.78, 5) is 24.0. The van der Waals surface area contributed by atoms with Crippen molar-refractivity contribution in [3.63, 3.8) is 0 Å². The van der Waals surface area contributed by atoms with Crippen molar-refractivity contribution < 1.29 is 38.7 Å². The van der Waals surface area contributed by atoms with Crippen molar-refractivity contribution >= 4 is 11.9 Å². The molecule has 0 fully saturated rings. The normalized spacial score (nSPS) is 10.4. The van der Waals surface area contributed by atoms with Crippen LogP contribution in [0.5, 0.6) is 23.0 Å². The fourth-order valence-electron chi connectivity index (χ4n) is 3.02. The van der Waals surface area contributed by atoms with E-state index in [1.54, 1.807) is 12.1 Å².